The van der Waals surface area contributed by atoms with Gasteiger partial charge in [0.2, 0.25) is 5.95 Å². The summed E-state index contributed by atoms with van der Waals surface area (Å²) in [5.41, 5.74) is 2.05. The molecule has 34 heavy (non-hydrogen) atoms. The van der Waals surface area contributed by atoms with E-state index in [1.165, 1.54) is 12.8 Å². The van der Waals surface area contributed by atoms with Crippen LogP contribution < -0.4 is 10.2 Å². The quantitative estimate of drug-likeness (QED) is 0.572. The van der Waals surface area contributed by atoms with Crippen molar-refractivity contribution >= 4 is 23.4 Å². The van der Waals surface area contributed by atoms with Crippen molar-refractivity contribution in [3.8, 4) is 0 Å². The first kappa shape index (κ1) is 23.1. The highest BCUT2D eigenvalue weighted by molar-refractivity contribution is 6.31. The minimum absolute atomic E-state index is 0.169. The molecule has 0 spiro atoms. The zero-order valence-corrected chi connectivity index (χ0v) is 20.9. The first-order valence-electron chi connectivity index (χ1n) is 12.5. The van der Waals surface area contributed by atoms with Gasteiger partial charge >= 0.3 is 0 Å². The molecule has 0 amide bonds. The normalized spacial score (nSPS) is 27.0. The van der Waals surface area contributed by atoms with E-state index in [0.29, 0.717) is 17.9 Å². The molecule has 0 aromatic carbocycles. The molecule has 1 saturated heterocycles. The Bertz CT molecular complexity index is 1090. The summed E-state index contributed by atoms with van der Waals surface area (Å²) in [7, 11) is 0. The van der Waals surface area contributed by atoms with Gasteiger partial charge in [-0.05, 0) is 63.0 Å². The highest BCUT2D eigenvalue weighted by Crippen LogP contribution is 2.40. The average molecular weight is 480 g/mol. The highest BCUT2D eigenvalue weighted by Gasteiger charge is 2.43. The molecule has 180 valence electrons. The molecule has 5 rings (SSSR count). The Morgan fingerprint density at radius 2 is 1.94 bits per heavy atom. The van der Waals surface area contributed by atoms with Gasteiger partial charge in [0.1, 0.15) is 18.0 Å². The summed E-state index contributed by atoms with van der Waals surface area (Å²) < 4.78 is 2.09. The van der Waals surface area contributed by atoms with E-state index < -0.39 is 0 Å². The summed E-state index contributed by atoms with van der Waals surface area (Å²) in [6.07, 6.45) is 13.2. The van der Waals surface area contributed by atoms with Crippen LogP contribution in [0.5, 0.6) is 0 Å². The van der Waals surface area contributed by atoms with Crippen LogP contribution in [0.15, 0.2) is 47.8 Å². The topological polar surface area (TPSA) is 71.8 Å². The van der Waals surface area contributed by atoms with Crippen LogP contribution in [0, 0.1) is 18.8 Å². The van der Waals surface area contributed by atoms with Gasteiger partial charge in [0.15, 0.2) is 0 Å². The van der Waals surface area contributed by atoms with Gasteiger partial charge < -0.3 is 10.2 Å². The highest BCUT2D eigenvalue weighted by atomic mass is 35.5. The molecule has 2 aliphatic heterocycles. The summed E-state index contributed by atoms with van der Waals surface area (Å²) in [5.74, 6) is 4.12. The summed E-state index contributed by atoms with van der Waals surface area (Å²) in [4.78, 5) is 16.2. The fourth-order valence-electron chi connectivity index (χ4n) is 5.73. The first-order chi connectivity index (χ1) is 16.5. The maximum absolute atomic E-state index is 6.16. The van der Waals surface area contributed by atoms with Crippen LogP contribution in [-0.2, 0) is 6.54 Å². The van der Waals surface area contributed by atoms with E-state index in [1.54, 1.807) is 6.33 Å². The Morgan fingerprint density at radius 3 is 2.68 bits per heavy atom. The van der Waals surface area contributed by atoms with Crippen molar-refractivity contribution in [1.82, 2.24) is 24.7 Å². The van der Waals surface area contributed by atoms with Crippen LogP contribution in [0.1, 0.15) is 56.5 Å². The Morgan fingerprint density at radius 1 is 1.15 bits per heavy atom. The Kier molecular flexibility index (Phi) is 6.73. The van der Waals surface area contributed by atoms with E-state index in [0.717, 1.165) is 72.8 Å². The van der Waals surface area contributed by atoms with E-state index in [1.807, 2.05) is 32.1 Å². The number of rotatable bonds is 6. The fraction of sp³-hybridized carbons (Fsp3) is 0.538. The molecule has 0 radical (unpaired) electrons. The third-order valence-corrected chi connectivity index (χ3v) is 7.89. The molecule has 4 atom stereocenters. The van der Waals surface area contributed by atoms with Crippen molar-refractivity contribution in [1.29, 1.82) is 0 Å². The monoisotopic (exact) mass is 479 g/mol. The van der Waals surface area contributed by atoms with Crippen LogP contribution in [0.4, 0.5) is 11.8 Å². The fourth-order valence-corrected chi connectivity index (χ4v) is 5.80. The number of aromatic nitrogens is 5. The van der Waals surface area contributed by atoms with Crippen LogP contribution in [0.3, 0.4) is 0 Å². The Balaban J connectivity index is 1.31. The average Bonchev–Trinajstić information content (AvgIpc) is 3.24. The molecule has 3 aliphatic rings. The Labute approximate surface area is 207 Å². The van der Waals surface area contributed by atoms with Gasteiger partial charge in [-0.25, -0.2) is 14.6 Å². The number of hydrogen-bond acceptors (Lipinski definition) is 6. The maximum Gasteiger partial charge on any atom is 0.242 e. The standard InChI is InChI=1S/C26H34ClN7/c1-4-21(27)11-8-17(2)22-7-5-6-12-34-25(22)31-26(32-34)30-24-19-9-10-20(24)15-33(14-19)23-13-18(3)28-16-29-23/h4,8,11,13,16,19-20,22,24H,2,5-7,9-10,12,14-15H2,1,3H3,(H,30,32)/b11-8-,21-4+/t19-,20+,22-,24-/m1/s1. The van der Waals surface area contributed by atoms with Crippen LogP contribution in [0.25, 0.3) is 0 Å². The summed E-state index contributed by atoms with van der Waals surface area (Å²) in [6.45, 7) is 11.2. The van der Waals surface area contributed by atoms with Crippen molar-refractivity contribution in [2.24, 2.45) is 11.8 Å². The second-order valence-electron chi connectivity index (χ2n) is 9.84. The van der Waals surface area contributed by atoms with Crippen LogP contribution >= 0.6 is 11.6 Å². The maximum atomic E-state index is 6.16. The first-order valence-corrected chi connectivity index (χ1v) is 12.8. The second-order valence-corrected chi connectivity index (χ2v) is 10.3. The lowest BCUT2D eigenvalue weighted by Crippen LogP contribution is -2.48. The van der Waals surface area contributed by atoms with E-state index in [4.69, 9.17) is 21.7 Å². The predicted octanol–water partition coefficient (Wildman–Crippen LogP) is 5.23. The number of nitrogens with zero attached hydrogens (tertiary/aromatic N) is 6. The van der Waals surface area contributed by atoms with Crippen LogP contribution in [0.2, 0.25) is 0 Å². The van der Waals surface area contributed by atoms with Gasteiger partial charge in [0.25, 0.3) is 0 Å². The molecule has 0 unspecified atom stereocenters. The van der Waals surface area contributed by atoms with Crippen molar-refractivity contribution in [2.75, 3.05) is 23.3 Å². The SMILES string of the molecule is C=C(/C=C\C(Cl)=C/C)[C@H]1CCCCn2nc(N[C@@H]3[C@@H]4CC[C@H]3CN(c3cc(C)ncn3)C4)nc21. The third-order valence-electron chi connectivity index (χ3n) is 7.55. The van der Waals surface area contributed by atoms with E-state index >= 15 is 0 Å². The van der Waals surface area contributed by atoms with Gasteiger partial charge in [-0.1, -0.05) is 36.8 Å². The van der Waals surface area contributed by atoms with Crippen molar-refractivity contribution in [3.05, 3.63) is 59.3 Å². The van der Waals surface area contributed by atoms with Crippen molar-refractivity contribution in [3.63, 3.8) is 0 Å². The largest absolute Gasteiger partial charge is 0.356 e. The van der Waals surface area contributed by atoms with E-state index in [-0.39, 0.29) is 5.92 Å². The summed E-state index contributed by atoms with van der Waals surface area (Å²) >= 11 is 6.16. The molecule has 2 aromatic heterocycles. The number of halogens is 1. The zero-order valence-electron chi connectivity index (χ0n) is 20.1. The molecule has 1 aliphatic carbocycles. The molecular weight excluding hydrogens is 446 g/mol. The molecule has 7 nitrogen and oxygen atoms in total. The molecule has 8 heteroatoms. The number of anilines is 2. The number of piperidine rings is 1. The summed E-state index contributed by atoms with van der Waals surface area (Å²) in [6, 6.07) is 2.49. The van der Waals surface area contributed by atoms with Gasteiger partial charge in [0, 0.05) is 48.4 Å². The molecule has 2 aromatic rings. The number of allylic oxidation sites excluding steroid dienone is 5. The molecule has 4 heterocycles. The molecule has 2 fully saturated rings. The van der Waals surface area contributed by atoms with Crippen molar-refractivity contribution < 1.29 is 0 Å². The molecule has 1 N–H and O–H groups in total. The van der Waals surface area contributed by atoms with Crippen LogP contribution in [-0.4, -0.2) is 43.9 Å². The number of hydrogen-bond donors (Lipinski definition) is 1. The van der Waals surface area contributed by atoms with Gasteiger partial charge in [-0.15, -0.1) is 5.10 Å². The lowest BCUT2D eigenvalue weighted by Gasteiger charge is -2.38. The number of nitrogens with one attached hydrogen (secondary N) is 1. The van der Waals surface area contributed by atoms with Crippen molar-refractivity contribution in [2.45, 2.75) is 64.5 Å². The predicted molar refractivity (Wildman–Crippen MR) is 137 cm³/mol. The molecule has 1 saturated carbocycles. The van der Waals surface area contributed by atoms with Gasteiger partial charge in [-0.3, -0.25) is 0 Å². The van der Waals surface area contributed by atoms with Gasteiger partial charge in [-0.2, -0.15) is 4.98 Å². The number of fused-ring (bicyclic) bond motifs is 3. The minimum Gasteiger partial charge on any atom is -0.356 e. The number of aryl methyl sites for hydroxylation is 2. The lowest BCUT2D eigenvalue weighted by molar-refractivity contribution is 0.374. The lowest BCUT2D eigenvalue weighted by atomic mass is 9.92. The molecular formula is C26H34ClN7. The second kappa shape index (κ2) is 9.90. The summed E-state index contributed by atoms with van der Waals surface area (Å²) in [5, 5.41) is 9.35. The third kappa shape index (κ3) is 4.76. The minimum atomic E-state index is 0.169. The smallest absolute Gasteiger partial charge is 0.242 e. The molecule has 2 bridgehead atoms. The van der Waals surface area contributed by atoms with E-state index in [9.17, 15) is 0 Å². The van der Waals surface area contributed by atoms with E-state index in [2.05, 4.69) is 37.5 Å². The zero-order chi connectivity index (χ0) is 23.7. The Hall–Kier alpha value is -2.67. The van der Waals surface area contributed by atoms with Gasteiger partial charge in [0.05, 0.1) is 0 Å².